The summed E-state index contributed by atoms with van der Waals surface area (Å²) in [4.78, 5) is 0. The summed E-state index contributed by atoms with van der Waals surface area (Å²) < 4.78 is 0. The molecule has 0 heteroatoms. The number of fused-ring (bicyclic) bond motifs is 4. The van der Waals surface area contributed by atoms with Gasteiger partial charge in [-0.15, -0.1) is 0 Å². The molecule has 0 aromatic heterocycles. The van der Waals surface area contributed by atoms with E-state index in [2.05, 4.69) is 219 Å². The fourth-order valence-corrected chi connectivity index (χ4v) is 10.2. The number of benzene rings is 11. The summed E-state index contributed by atoms with van der Waals surface area (Å²) in [5, 5.41) is 10.4. The van der Waals surface area contributed by atoms with Gasteiger partial charge in [-0.2, -0.15) is 0 Å². The SMILES string of the molecule is CC1(c2ccccc2)c2ccccc2-c2cc3ccc(-c4cccc(-c5cccc(-c6ccc7ccc8c(-c9ccccc9)ccc9ccc6c7c98)c5)c4)cc3cc21. The van der Waals surface area contributed by atoms with Crippen molar-refractivity contribution in [3.63, 3.8) is 0 Å². The molecule has 12 rings (SSSR count). The Morgan fingerprint density at radius 3 is 1.48 bits per heavy atom. The molecule has 0 nitrogen and oxygen atoms in total. The van der Waals surface area contributed by atoms with Crippen LogP contribution in [0.2, 0.25) is 0 Å². The zero-order valence-corrected chi connectivity index (χ0v) is 32.2. The highest BCUT2D eigenvalue weighted by molar-refractivity contribution is 6.27. The van der Waals surface area contributed by atoms with Crippen LogP contribution in [-0.4, -0.2) is 0 Å². The second-order valence-corrected chi connectivity index (χ2v) is 16.2. The maximum atomic E-state index is 2.45. The maximum absolute atomic E-state index is 2.45. The summed E-state index contributed by atoms with van der Waals surface area (Å²) in [6.07, 6.45) is 0. The lowest BCUT2D eigenvalue weighted by Crippen LogP contribution is -2.22. The molecule has 0 heterocycles. The Bertz CT molecular complexity index is 3390. The van der Waals surface area contributed by atoms with E-state index in [4.69, 9.17) is 0 Å². The van der Waals surface area contributed by atoms with Gasteiger partial charge in [-0.1, -0.05) is 182 Å². The van der Waals surface area contributed by atoms with Crippen LogP contribution in [0.5, 0.6) is 0 Å². The zero-order valence-electron chi connectivity index (χ0n) is 32.2. The first-order chi connectivity index (χ1) is 28.6. The van der Waals surface area contributed by atoms with E-state index in [0.717, 1.165) is 0 Å². The van der Waals surface area contributed by atoms with Gasteiger partial charge < -0.3 is 0 Å². The predicted molar refractivity (Wildman–Crippen MR) is 247 cm³/mol. The highest BCUT2D eigenvalue weighted by atomic mass is 14.4. The van der Waals surface area contributed by atoms with Gasteiger partial charge in [0, 0.05) is 5.41 Å². The molecular formula is C58H38. The molecule has 1 aliphatic rings. The fraction of sp³-hybridized carbons (Fsp3) is 0.0345. The Morgan fingerprint density at radius 2 is 0.793 bits per heavy atom. The van der Waals surface area contributed by atoms with E-state index in [1.807, 2.05) is 0 Å². The molecule has 11 aromatic rings. The van der Waals surface area contributed by atoms with Gasteiger partial charge in [0.1, 0.15) is 0 Å². The molecule has 1 unspecified atom stereocenters. The molecule has 0 saturated heterocycles. The summed E-state index contributed by atoms with van der Waals surface area (Å²) in [7, 11) is 0. The van der Waals surface area contributed by atoms with Gasteiger partial charge in [-0.3, -0.25) is 0 Å². The van der Waals surface area contributed by atoms with E-state index < -0.39 is 0 Å². The standard InChI is InChI=1S/C58H38/c1-58(47-18-6-3-7-19-47)54-21-9-8-20-50(54)53-35-44-23-22-43(34-46(44)36-55(53)58)41-15-10-14-40(32-41)42-16-11-17-45(33-42)49-29-25-39-26-30-51-48(37-12-4-2-5-13-37)28-24-38-27-31-52(49)57(39)56(38)51/h2-36H,1H3. The van der Waals surface area contributed by atoms with Crippen LogP contribution in [0.1, 0.15) is 23.6 Å². The van der Waals surface area contributed by atoms with Crippen LogP contribution >= 0.6 is 0 Å². The molecule has 0 radical (unpaired) electrons. The van der Waals surface area contributed by atoms with Gasteiger partial charge in [-0.05, 0) is 153 Å². The monoisotopic (exact) mass is 734 g/mol. The molecule has 1 aliphatic carbocycles. The molecule has 270 valence electrons. The minimum Gasteiger partial charge on any atom is -0.0622 e. The van der Waals surface area contributed by atoms with E-state index in [1.165, 1.54) is 115 Å². The van der Waals surface area contributed by atoms with Crippen LogP contribution in [0.15, 0.2) is 212 Å². The van der Waals surface area contributed by atoms with Crippen molar-refractivity contribution < 1.29 is 0 Å². The summed E-state index contributed by atoms with van der Waals surface area (Å²) >= 11 is 0. The molecule has 0 bridgehead atoms. The lowest BCUT2D eigenvalue weighted by molar-refractivity contribution is 0.715. The van der Waals surface area contributed by atoms with Gasteiger partial charge in [-0.25, -0.2) is 0 Å². The molecule has 1 atom stereocenters. The van der Waals surface area contributed by atoms with Gasteiger partial charge in [0.25, 0.3) is 0 Å². The Morgan fingerprint density at radius 1 is 0.276 bits per heavy atom. The average molecular weight is 735 g/mol. The normalized spacial score (nSPS) is 14.7. The molecule has 0 amide bonds. The van der Waals surface area contributed by atoms with Crippen molar-refractivity contribution in [3.8, 4) is 55.6 Å². The Labute approximate surface area is 338 Å². The van der Waals surface area contributed by atoms with Crippen molar-refractivity contribution in [3.05, 3.63) is 229 Å². The van der Waals surface area contributed by atoms with Crippen molar-refractivity contribution in [2.45, 2.75) is 12.3 Å². The molecule has 0 N–H and O–H groups in total. The Kier molecular flexibility index (Phi) is 7.16. The molecule has 58 heavy (non-hydrogen) atoms. The number of hydrogen-bond donors (Lipinski definition) is 0. The van der Waals surface area contributed by atoms with Crippen molar-refractivity contribution >= 4 is 43.1 Å². The van der Waals surface area contributed by atoms with E-state index in [1.54, 1.807) is 0 Å². The molecule has 0 saturated carbocycles. The van der Waals surface area contributed by atoms with Crippen LogP contribution in [0, 0.1) is 0 Å². The van der Waals surface area contributed by atoms with Crippen molar-refractivity contribution in [1.82, 2.24) is 0 Å². The van der Waals surface area contributed by atoms with E-state index in [-0.39, 0.29) is 5.41 Å². The average Bonchev–Trinajstić information content (AvgIpc) is 3.55. The lowest BCUT2D eigenvalue weighted by Gasteiger charge is -2.28. The number of rotatable bonds is 5. The predicted octanol–water partition coefficient (Wildman–Crippen LogP) is 15.7. The van der Waals surface area contributed by atoms with Crippen LogP contribution in [0.3, 0.4) is 0 Å². The first-order valence-electron chi connectivity index (χ1n) is 20.3. The first-order valence-corrected chi connectivity index (χ1v) is 20.3. The maximum Gasteiger partial charge on any atom is 0.0435 e. The van der Waals surface area contributed by atoms with Crippen LogP contribution in [-0.2, 0) is 5.41 Å². The number of hydrogen-bond acceptors (Lipinski definition) is 0. The van der Waals surface area contributed by atoms with Crippen LogP contribution in [0.4, 0.5) is 0 Å². The minimum absolute atomic E-state index is 0.220. The van der Waals surface area contributed by atoms with Gasteiger partial charge >= 0.3 is 0 Å². The zero-order chi connectivity index (χ0) is 38.4. The minimum atomic E-state index is -0.220. The second-order valence-electron chi connectivity index (χ2n) is 16.2. The molecule has 0 aliphatic heterocycles. The Balaban J connectivity index is 0.939. The third-order valence-corrected chi connectivity index (χ3v) is 13.1. The quantitative estimate of drug-likeness (QED) is 0.154. The van der Waals surface area contributed by atoms with Crippen molar-refractivity contribution in [1.29, 1.82) is 0 Å². The molecule has 0 fully saturated rings. The fourth-order valence-electron chi connectivity index (χ4n) is 10.2. The van der Waals surface area contributed by atoms with E-state index >= 15 is 0 Å². The first kappa shape index (κ1) is 32.9. The lowest BCUT2D eigenvalue weighted by atomic mass is 9.74. The molecule has 11 aromatic carbocycles. The van der Waals surface area contributed by atoms with Crippen molar-refractivity contribution in [2.24, 2.45) is 0 Å². The third kappa shape index (κ3) is 4.88. The summed E-state index contributed by atoms with van der Waals surface area (Å²) in [6, 6.07) is 79.1. The smallest absolute Gasteiger partial charge is 0.0435 e. The molecule has 0 spiro atoms. The van der Waals surface area contributed by atoms with Crippen molar-refractivity contribution in [2.75, 3.05) is 0 Å². The second kappa shape index (κ2) is 12.6. The highest BCUT2D eigenvalue weighted by Crippen LogP contribution is 2.53. The van der Waals surface area contributed by atoms with E-state index in [9.17, 15) is 0 Å². The largest absolute Gasteiger partial charge is 0.0622 e. The topological polar surface area (TPSA) is 0 Å². The van der Waals surface area contributed by atoms with Crippen LogP contribution in [0.25, 0.3) is 98.7 Å². The van der Waals surface area contributed by atoms with E-state index in [0.29, 0.717) is 0 Å². The summed E-state index contributed by atoms with van der Waals surface area (Å²) in [6.45, 7) is 2.39. The highest BCUT2D eigenvalue weighted by Gasteiger charge is 2.40. The van der Waals surface area contributed by atoms with Gasteiger partial charge in [0.2, 0.25) is 0 Å². The summed E-state index contributed by atoms with van der Waals surface area (Å²) in [5.41, 5.74) is 16.4. The third-order valence-electron chi connectivity index (χ3n) is 13.1. The summed E-state index contributed by atoms with van der Waals surface area (Å²) in [5.74, 6) is 0. The van der Waals surface area contributed by atoms with Gasteiger partial charge in [0.05, 0.1) is 0 Å². The Hall–Kier alpha value is -7.28. The molecular weight excluding hydrogens is 697 g/mol. The van der Waals surface area contributed by atoms with Crippen LogP contribution < -0.4 is 0 Å². The van der Waals surface area contributed by atoms with Gasteiger partial charge in [0.15, 0.2) is 0 Å².